The number of rotatable bonds is 5. The number of carbonyl (C=O) groups excluding carboxylic acids is 1. The van der Waals surface area contributed by atoms with Crippen LogP contribution in [0.3, 0.4) is 0 Å². The standard InChI is InChI=1S/C14H9F3N2O4/c15-11-6-3-9(19(21)22)7-12(11)18-13(20)8-1-4-10(5-2-8)23-14(16)17/h1-7,14H,(H,18,20). The lowest BCUT2D eigenvalue weighted by Gasteiger charge is -2.08. The first-order chi connectivity index (χ1) is 10.9. The summed E-state index contributed by atoms with van der Waals surface area (Å²) in [6.45, 7) is -2.99. The third kappa shape index (κ3) is 4.19. The molecule has 0 bridgehead atoms. The summed E-state index contributed by atoms with van der Waals surface area (Å²) in [6.07, 6.45) is 0. The van der Waals surface area contributed by atoms with E-state index in [2.05, 4.69) is 10.1 Å². The quantitative estimate of drug-likeness (QED) is 0.672. The number of ether oxygens (including phenoxy) is 1. The maximum atomic E-state index is 13.6. The molecule has 0 fully saturated rings. The van der Waals surface area contributed by atoms with Crippen molar-refractivity contribution in [3.05, 3.63) is 64.0 Å². The number of halogens is 3. The highest BCUT2D eigenvalue weighted by Crippen LogP contribution is 2.22. The number of amides is 1. The largest absolute Gasteiger partial charge is 0.435 e. The van der Waals surface area contributed by atoms with Crippen molar-refractivity contribution >= 4 is 17.3 Å². The van der Waals surface area contributed by atoms with Gasteiger partial charge in [0, 0.05) is 17.7 Å². The van der Waals surface area contributed by atoms with Gasteiger partial charge in [-0.05, 0) is 30.3 Å². The molecule has 0 aliphatic rings. The molecule has 0 atom stereocenters. The zero-order valence-electron chi connectivity index (χ0n) is 11.3. The van der Waals surface area contributed by atoms with Gasteiger partial charge in [0.1, 0.15) is 11.6 Å². The van der Waals surface area contributed by atoms with E-state index in [9.17, 15) is 28.1 Å². The Balaban J connectivity index is 2.15. The molecule has 23 heavy (non-hydrogen) atoms. The van der Waals surface area contributed by atoms with Gasteiger partial charge in [0.15, 0.2) is 0 Å². The van der Waals surface area contributed by atoms with Crippen molar-refractivity contribution in [1.82, 2.24) is 0 Å². The zero-order chi connectivity index (χ0) is 17.0. The number of nitro benzene ring substituents is 1. The second-order valence-electron chi connectivity index (χ2n) is 4.28. The van der Waals surface area contributed by atoms with E-state index >= 15 is 0 Å². The van der Waals surface area contributed by atoms with Crippen molar-refractivity contribution in [3.63, 3.8) is 0 Å². The van der Waals surface area contributed by atoms with E-state index < -0.39 is 23.3 Å². The van der Waals surface area contributed by atoms with Crippen LogP contribution in [0.2, 0.25) is 0 Å². The van der Waals surface area contributed by atoms with Gasteiger partial charge in [-0.3, -0.25) is 14.9 Å². The van der Waals surface area contributed by atoms with Crippen LogP contribution in [0, 0.1) is 15.9 Å². The Morgan fingerprint density at radius 1 is 1.17 bits per heavy atom. The molecule has 0 radical (unpaired) electrons. The fourth-order valence-corrected chi connectivity index (χ4v) is 1.70. The van der Waals surface area contributed by atoms with Gasteiger partial charge in [0.2, 0.25) is 0 Å². The van der Waals surface area contributed by atoms with Crippen LogP contribution in [-0.2, 0) is 0 Å². The van der Waals surface area contributed by atoms with Crippen LogP contribution >= 0.6 is 0 Å². The average Bonchev–Trinajstić information content (AvgIpc) is 2.49. The Bertz CT molecular complexity index is 735. The van der Waals surface area contributed by atoms with E-state index in [1.165, 1.54) is 12.1 Å². The van der Waals surface area contributed by atoms with E-state index in [1.54, 1.807) is 0 Å². The molecule has 2 aromatic rings. The minimum atomic E-state index is -2.99. The van der Waals surface area contributed by atoms with Gasteiger partial charge in [-0.2, -0.15) is 8.78 Å². The molecule has 9 heteroatoms. The Morgan fingerprint density at radius 2 is 1.83 bits per heavy atom. The van der Waals surface area contributed by atoms with Crippen LogP contribution in [0.1, 0.15) is 10.4 Å². The molecule has 0 aliphatic carbocycles. The number of benzene rings is 2. The summed E-state index contributed by atoms with van der Waals surface area (Å²) in [4.78, 5) is 21.9. The van der Waals surface area contributed by atoms with Crippen LogP contribution in [0.4, 0.5) is 24.5 Å². The number of hydrogen-bond donors (Lipinski definition) is 1. The monoisotopic (exact) mass is 326 g/mol. The third-order valence-electron chi connectivity index (χ3n) is 2.75. The van der Waals surface area contributed by atoms with Gasteiger partial charge < -0.3 is 10.1 Å². The molecule has 0 saturated carbocycles. The van der Waals surface area contributed by atoms with E-state index in [-0.39, 0.29) is 22.7 Å². The zero-order valence-corrected chi connectivity index (χ0v) is 11.3. The minimum Gasteiger partial charge on any atom is -0.435 e. The average molecular weight is 326 g/mol. The lowest BCUT2D eigenvalue weighted by atomic mass is 10.2. The number of nitro groups is 1. The summed E-state index contributed by atoms with van der Waals surface area (Å²) in [5.41, 5.74) is -0.711. The van der Waals surface area contributed by atoms with Crippen LogP contribution in [0.5, 0.6) is 5.75 Å². The first-order valence-electron chi connectivity index (χ1n) is 6.17. The smallest absolute Gasteiger partial charge is 0.387 e. The molecule has 0 aliphatic heterocycles. The number of hydrogen-bond acceptors (Lipinski definition) is 4. The second kappa shape index (κ2) is 6.77. The van der Waals surface area contributed by atoms with E-state index in [1.807, 2.05) is 0 Å². The van der Waals surface area contributed by atoms with Crippen LogP contribution < -0.4 is 10.1 Å². The molecule has 2 aromatic carbocycles. The van der Waals surface area contributed by atoms with Gasteiger partial charge in [0.05, 0.1) is 10.6 Å². The second-order valence-corrected chi connectivity index (χ2v) is 4.28. The molecule has 0 heterocycles. The maximum Gasteiger partial charge on any atom is 0.387 e. The number of alkyl halides is 2. The predicted octanol–water partition coefficient (Wildman–Crippen LogP) is 3.59. The summed E-state index contributed by atoms with van der Waals surface area (Å²) in [6, 6.07) is 7.37. The molecular weight excluding hydrogens is 317 g/mol. The first-order valence-corrected chi connectivity index (χ1v) is 6.17. The molecule has 1 amide bonds. The Kier molecular flexibility index (Phi) is 4.79. The molecule has 0 unspecified atom stereocenters. The van der Waals surface area contributed by atoms with Gasteiger partial charge >= 0.3 is 6.61 Å². The molecule has 6 nitrogen and oxygen atoms in total. The fourth-order valence-electron chi connectivity index (χ4n) is 1.70. The van der Waals surface area contributed by atoms with Crippen LogP contribution in [0.15, 0.2) is 42.5 Å². The van der Waals surface area contributed by atoms with Gasteiger partial charge in [-0.25, -0.2) is 4.39 Å². The molecule has 0 saturated heterocycles. The van der Waals surface area contributed by atoms with E-state index in [0.717, 1.165) is 30.3 Å². The number of nitrogens with one attached hydrogen (secondary N) is 1. The molecule has 0 spiro atoms. The molecular formula is C14H9F3N2O4. The minimum absolute atomic E-state index is 0.0394. The van der Waals surface area contributed by atoms with Crippen molar-refractivity contribution in [2.75, 3.05) is 5.32 Å². The molecule has 2 rings (SSSR count). The van der Waals surface area contributed by atoms with E-state index in [0.29, 0.717) is 0 Å². The normalized spacial score (nSPS) is 10.4. The van der Waals surface area contributed by atoms with E-state index in [4.69, 9.17) is 0 Å². The summed E-state index contributed by atoms with van der Waals surface area (Å²) >= 11 is 0. The van der Waals surface area contributed by atoms with Gasteiger partial charge in [0.25, 0.3) is 11.6 Å². The molecule has 120 valence electrons. The predicted molar refractivity (Wildman–Crippen MR) is 74.1 cm³/mol. The number of nitrogens with zero attached hydrogens (tertiary/aromatic N) is 1. The molecule has 0 aromatic heterocycles. The lowest BCUT2D eigenvalue weighted by Crippen LogP contribution is -2.13. The van der Waals surface area contributed by atoms with Crippen LogP contribution in [-0.4, -0.2) is 17.4 Å². The van der Waals surface area contributed by atoms with Crippen molar-refractivity contribution in [2.24, 2.45) is 0 Å². The fraction of sp³-hybridized carbons (Fsp3) is 0.0714. The maximum absolute atomic E-state index is 13.6. The third-order valence-corrected chi connectivity index (χ3v) is 2.75. The van der Waals surface area contributed by atoms with Gasteiger partial charge in [-0.15, -0.1) is 0 Å². The highest BCUT2D eigenvalue weighted by atomic mass is 19.3. The Morgan fingerprint density at radius 3 is 2.39 bits per heavy atom. The molecule has 1 N–H and O–H groups in total. The SMILES string of the molecule is O=C(Nc1cc([N+](=O)[O-])ccc1F)c1ccc(OC(F)F)cc1. The highest BCUT2D eigenvalue weighted by Gasteiger charge is 2.14. The van der Waals surface area contributed by atoms with Crippen molar-refractivity contribution in [3.8, 4) is 5.75 Å². The number of non-ortho nitro benzene ring substituents is 1. The van der Waals surface area contributed by atoms with Crippen LogP contribution in [0.25, 0.3) is 0 Å². The van der Waals surface area contributed by atoms with Crippen molar-refractivity contribution in [1.29, 1.82) is 0 Å². The topological polar surface area (TPSA) is 81.5 Å². The van der Waals surface area contributed by atoms with Gasteiger partial charge in [-0.1, -0.05) is 0 Å². The number of anilines is 1. The van der Waals surface area contributed by atoms with Crippen molar-refractivity contribution in [2.45, 2.75) is 6.61 Å². The highest BCUT2D eigenvalue weighted by molar-refractivity contribution is 6.04. The summed E-state index contributed by atoms with van der Waals surface area (Å²) in [7, 11) is 0. The Labute approximate surface area is 127 Å². The lowest BCUT2D eigenvalue weighted by molar-refractivity contribution is -0.384. The summed E-state index contributed by atoms with van der Waals surface area (Å²) in [5, 5.41) is 12.8. The van der Waals surface area contributed by atoms with Crippen molar-refractivity contribution < 1.29 is 27.6 Å². The Hall–Kier alpha value is -3.10. The summed E-state index contributed by atoms with van der Waals surface area (Å²) < 4.78 is 41.7. The number of carbonyl (C=O) groups is 1. The summed E-state index contributed by atoms with van der Waals surface area (Å²) in [5.74, 6) is -1.74. The first kappa shape index (κ1) is 16.3.